The van der Waals surface area contributed by atoms with Crippen molar-refractivity contribution in [1.82, 2.24) is 4.98 Å². The van der Waals surface area contributed by atoms with E-state index in [1.54, 1.807) is 31.7 Å². The van der Waals surface area contributed by atoms with Crippen molar-refractivity contribution < 1.29 is 9.50 Å². The first-order chi connectivity index (χ1) is 9.85. The lowest BCUT2D eigenvalue weighted by Crippen LogP contribution is -2.22. The number of pyridine rings is 1. The van der Waals surface area contributed by atoms with Gasteiger partial charge in [0.1, 0.15) is 5.82 Å². The molecule has 0 fully saturated rings. The Balaban J connectivity index is 2.03. The molecule has 5 heteroatoms. The Morgan fingerprint density at radius 2 is 2.10 bits per heavy atom. The maximum absolute atomic E-state index is 13.4. The van der Waals surface area contributed by atoms with Gasteiger partial charge in [-0.2, -0.15) is 11.8 Å². The minimum atomic E-state index is -0.645. The highest BCUT2D eigenvalue weighted by Gasteiger charge is 2.11. The molecule has 0 saturated carbocycles. The maximum atomic E-state index is 13.4. The van der Waals surface area contributed by atoms with Gasteiger partial charge in [-0.05, 0) is 45.0 Å². The van der Waals surface area contributed by atoms with Crippen molar-refractivity contribution >= 4 is 28.4 Å². The number of aliphatic hydroxyl groups is 1. The summed E-state index contributed by atoms with van der Waals surface area (Å²) < 4.78 is 13.4. The molecule has 2 N–H and O–H groups in total. The number of hydrogen-bond donors (Lipinski definition) is 2. The summed E-state index contributed by atoms with van der Waals surface area (Å²) in [4.78, 5) is 4.41. The molecule has 0 saturated heterocycles. The summed E-state index contributed by atoms with van der Waals surface area (Å²) in [6.07, 6.45) is 0. The third kappa shape index (κ3) is 4.86. The van der Waals surface area contributed by atoms with Crippen LogP contribution in [-0.2, 0) is 0 Å². The lowest BCUT2D eigenvalue weighted by molar-refractivity contribution is 0.107. The van der Waals surface area contributed by atoms with E-state index in [-0.39, 0.29) is 5.82 Å². The van der Waals surface area contributed by atoms with Crippen molar-refractivity contribution in [1.29, 1.82) is 0 Å². The van der Waals surface area contributed by atoms with Gasteiger partial charge < -0.3 is 10.4 Å². The Morgan fingerprint density at radius 3 is 2.81 bits per heavy atom. The van der Waals surface area contributed by atoms with E-state index >= 15 is 0 Å². The van der Waals surface area contributed by atoms with Crippen LogP contribution in [0.3, 0.4) is 0 Å². The van der Waals surface area contributed by atoms with Gasteiger partial charge in [-0.15, -0.1) is 0 Å². The van der Waals surface area contributed by atoms with Crippen LogP contribution in [0.15, 0.2) is 24.3 Å². The predicted molar refractivity (Wildman–Crippen MR) is 88.6 cm³/mol. The number of anilines is 1. The molecule has 114 valence electrons. The molecule has 0 atom stereocenters. The molecular formula is C16H21FN2OS. The van der Waals surface area contributed by atoms with Crippen molar-refractivity contribution in [2.45, 2.75) is 26.4 Å². The van der Waals surface area contributed by atoms with E-state index in [1.165, 1.54) is 12.1 Å². The van der Waals surface area contributed by atoms with Crippen LogP contribution in [0.25, 0.3) is 10.9 Å². The average Bonchev–Trinajstić information content (AvgIpc) is 2.37. The van der Waals surface area contributed by atoms with Gasteiger partial charge in [0, 0.05) is 34.8 Å². The largest absolute Gasteiger partial charge is 0.390 e. The number of fused-ring (bicyclic) bond motifs is 1. The fourth-order valence-corrected chi connectivity index (χ4v) is 2.95. The van der Waals surface area contributed by atoms with Crippen molar-refractivity contribution in [2.24, 2.45) is 0 Å². The lowest BCUT2D eigenvalue weighted by Gasteiger charge is -2.16. The van der Waals surface area contributed by atoms with Gasteiger partial charge in [0.2, 0.25) is 0 Å². The van der Waals surface area contributed by atoms with Crippen LogP contribution in [0, 0.1) is 12.7 Å². The quantitative estimate of drug-likeness (QED) is 0.800. The number of halogens is 1. The van der Waals surface area contributed by atoms with E-state index < -0.39 is 5.60 Å². The van der Waals surface area contributed by atoms with Crippen LogP contribution in [0.1, 0.15) is 19.5 Å². The van der Waals surface area contributed by atoms with E-state index in [1.807, 2.05) is 13.0 Å². The highest BCUT2D eigenvalue weighted by molar-refractivity contribution is 7.99. The summed E-state index contributed by atoms with van der Waals surface area (Å²) >= 11 is 1.69. The average molecular weight is 308 g/mol. The standard InChI is InChI=1S/C16H21FN2OS/c1-11-8-15(18-6-7-21-10-16(2,3)20)13-9-12(17)4-5-14(13)19-11/h4-5,8-9,20H,6-7,10H2,1-3H3,(H,18,19). The molecule has 0 aliphatic heterocycles. The summed E-state index contributed by atoms with van der Waals surface area (Å²) in [7, 11) is 0. The van der Waals surface area contributed by atoms with Gasteiger partial charge >= 0.3 is 0 Å². The Morgan fingerprint density at radius 1 is 1.33 bits per heavy atom. The second-order valence-corrected chi connectivity index (χ2v) is 6.87. The summed E-state index contributed by atoms with van der Waals surface area (Å²) in [5.41, 5.74) is 1.96. The molecule has 21 heavy (non-hydrogen) atoms. The molecule has 0 spiro atoms. The minimum Gasteiger partial charge on any atom is -0.390 e. The summed E-state index contributed by atoms with van der Waals surface area (Å²) in [5.74, 6) is 1.31. The van der Waals surface area contributed by atoms with Gasteiger partial charge in [-0.3, -0.25) is 4.98 Å². The summed E-state index contributed by atoms with van der Waals surface area (Å²) in [6, 6.07) is 6.57. The summed E-state index contributed by atoms with van der Waals surface area (Å²) in [6.45, 7) is 6.29. The zero-order chi connectivity index (χ0) is 15.5. The zero-order valence-electron chi connectivity index (χ0n) is 12.6. The van der Waals surface area contributed by atoms with Gasteiger partial charge in [0.25, 0.3) is 0 Å². The zero-order valence-corrected chi connectivity index (χ0v) is 13.4. The lowest BCUT2D eigenvalue weighted by atomic mass is 10.1. The number of aryl methyl sites for hydroxylation is 1. The minimum absolute atomic E-state index is 0.257. The van der Waals surface area contributed by atoms with Crippen LogP contribution in [0.4, 0.5) is 10.1 Å². The molecular weight excluding hydrogens is 287 g/mol. The molecule has 0 radical (unpaired) electrons. The van der Waals surface area contributed by atoms with E-state index in [0.717, 1.165) is 34.6 Å². The smallest absolute Gasteiger partial charge is 0.124 e. The monoisotopic (exact) mass is 308 g/mol. The highest BCUT2D eigenvalue weighted by atomic mass is 32.2. The van der Waals surface area contributed by atoms with Gasteiger partial charge in [0.05, 0.1) is 11.1 Å². The molecule has 1 aromatic carbocycles. The highest BCUT2D eigenvalue weighted by Crippen LogP contribution is 2.24. The Kier molecular flexibility index (Phi) is 5.06. The molecule has 2 rings (SSSR count). The normalized spacial score (nSPS) is 11.9. The predicted octanol–water partition coefficient (Wildman–Crippen LogP) is 3.60. The first-order valence-electron chi connectivity index (χ1n) is 6.96. The second-order valence-electron chi connectivity index (χ2n) is 5.76. The maximum Gasteiger partial charge on any atom is 0.124 e. The number of rotatable bonds is 6. The van der Waals surface area contributed by atoms with E-state index in [4.69, 9.17) is 0 Å². The number of benzene rings is 1. The van der Waals surface area contributed by atoms with E-state index in [0.29, 0.717) is 5.75 Å². The van der Waals surface area contributed by atoms with E-state index in [2.05, 4.69) is 10.3 Å². The van der Waals surface area contributed by atoms with Gasteiger partial charge in [0.15, 0.2) is 0 Å². The number of hydrogen-bond acceptors (Lipinski definition) is 4. The second kappa shape index (κ2) is 6.62. The molecule has 0 aliphatic carbocycles. The molecule has 0 amide bonds. The van der Waals surface area contributed by atoms with E-state index in [9.17, 15) is 9.50 Å². The van der Waals surface area contributed by atoms with Crippen LogP contribution >= 0.6 is 11.8 Å². The molecule has 0 unspecified atom stereocenters. The number of aromatic nitrogens is 1. The number of nitrogens with zero attached hydrogens (tertiary/aromatic N) is 1. The van der Waals surface area contributed by atoms with Crippen molar-refractivity contribution in [2.75, 3.05) is 23.4 Å². The van der Waals surface area contributed by atoms with Crippen molar-refractivity contribution in [3.63, 3.8) is 0 Å². The topological polar surface area (TPSA) is 45.1 Å². The number of nitrogens with one attached hydrogen (secondary N) is 1. The van der Waals surface area contributed by atoms with Crippen molar-refractivity contribution in [3.8, 4) is 0 Å². The molecule has 1 heterocycles. The molecule has 1 aromatic heterocycles. The first kappa shape index (κ1) is 16.0. The SMILES string of the molecule is Cc1cc(NCCSCC(C)(C)O)c2cc(F)ccc2n1. The van der Waals surface area contributed by atoms with Crippen LogP contribution in [0.2, 0.25) is 0 Å². The van der Waals surface area contributed by atoms with Crippen LogP contribution in [-0.4, -0.2) is 33.7 Å². The third-order valence-electron chi connectivity index (χ3n) is 2.92. The fourth-order valence-electron chi connectivity index (χ4n) is 2.06. The van der Waals surface area contributed by atoms with Crippen LogP contribution in [0.5, 0.6) is 0 Å². The molecule has 0 aliphatic rings. The van der Waals surface area contributed by atoms with Crippen molar-refractivity contribution in [3.05, 3.63) is 35.8 Å². The number of thioether (sulfide) groups is 1. The Labute approximate surface area is 129 Å². The van der Waals surface area contributed by atoms with Crippen LogP contribution < -0.4 is 5.32 Å². The fraction of sp³-hybridized carbons (Fsp3) is 0.438. The summed E-state index contributed by atoms with van der Waals surface area (Å²) in [5, 5.41) is 13.8. The molecule has 2 aromatic rings. The molecule has 3 nitrogen and oxygen atoms in total. The first-order valence-corrected chi connectivity index (χ1v) is 8.11. The van der Waals surface area contributed by atoms with Gasteiger partial charge in [-0.1, -0.05) is 0 Å². The third-order valence-corrected chi connectivity index (χ3v) is 4.32. The molecule has 0 bridgehead atoms. The Hall–Kier alpha value is -1.33. The Bertz CT molecular complexity index is 625. The van der Waals surface area contributed by atoms with Gasteiger partial charge in [-0.25, -0.2) is 4.39 Å².